The molecule has 0 aliphatic carbocycles. The molecule has 0 spiro atoms. The topological polar surface area (TPSA) is 66.0 Å². The number of fused-ring (bicyclic) bond motifs is 1. The molecule has 1 atom stereocenters. The van der Waals surface area contributed by atoms with E-state index in [1.165, 1.54) is 5.56 Å². The number of aliphatic imine (C=N–C) groups is 1. The summed E-state index contributed by atoms with van der Waals surface area (Å²) in [5, 5.41) is 7.55. The zero-order chi connectivity index (χ0) is 20.6. The van der Waals surface area contributed by atoms with Crippen LogP contribution in [0.3, 0.4) is 0 Å². The molecule has 0 fully saturated rings. The number of guanidine groups is 1. The molecule has 7 heteroatoms. The summed E-state index contributed by atoms with van der Waals surface area (Å²) in [6, 6.07) is 15.9. The molecule has 1 amide bonds. The fourth-order valence-electron chi connectivity index (χ4n) is 3.07. The number of hydrogen-bond acceptors (Lipinski definition) is 3. The van der Waals surface area contributed by atoms with Gasteiger partial charge in [-0.1, -0.05) is 41.9 Å². The Kier molecular flexibility index (Phi) is 7.36. The van der Waals surface area contributed by atoms with Gasteiger partial charge in [-0.05, 0) is 30.2 Å². The Morgan fingerprint density at radius 3 is 2.72 bits per heavy atom. The molecule has 0 saturated carbocycles. The molecule has 1 heterocycles. The van der Waals surface area contributed by atoms with Crippen LogP contribution in [0, 0.1) is 0 Å². The van der Waals surface area contributed by atoms with Gasteiger partial charge in [-0.15, -0.1) is 0 Å². The quantitative estimate of drug-likeness (QED) is 0.563. The highest BCUT2D eigenvalue weighted by molar-refractivity contribution is 6.30. The second-order valence-electron chi connectivity index (χ2n) is 7.13. The molecule has 2 aromatic rings. The number of benzene rings is 2. The molecular weight excluding hydrogens is 388 g/mol. The van der Waals surface area contributed by atoms with E-state index in [9.17, 15) is 4.79 Å². The first-order chi connectivity index (χ1) is 14.0. The number of amides is 1. The van der Waals surface area contributed by atoms with Crippen molar-refractivity contribution >= 4 is 23.5 Å². The van der Waals surface area contributed by atoms with E-state index < -0.39 is 0 Å². The maximum atomic E-state index is 12.0. The summed E-state index contributed by atoms with van der Waals surface area (Å²) in [4.78, 5) is 18.0. The molecular formula is C22H27ClN4O2. The van der Waals surface area contributed by atoms with Crippen LogP contribution in [0.15, 0.2) is 53.5 Å². The van der Waals surface area contributed by atoms with Crippen molar-refractivity contribution in [2.75, 3.05) is 33.8 Å². The lowest BCUT2D eigenvalue weighted by molar-refractivity contribution is -0.127. The van der Waals surface area contributed by atoms with E-state index in [0.29, 0.717) is 19.1 Å². The summed E-state index contributed by atoms with van der Waals surface area (Å²) in [5.41, 5.74) is 2.28. The Hall–Kier alpha value is -2.73. The number of likely N-dealkylation sites (N-methyl/N-ethyl adjacent to an activating group) is 1. The Balaban J connectivity index is 1.67. The van der Waals surface area contributed by atoms with Crippen molar-refractivity contribution < 1.29 is 9.53 Å². The van der Waals surface area contributed by atoms with Gasteiger partial charge in [-0.25, -0.2) is 4.99 Å². The third-order valence-corrected chi connectivity index (χ3v) is 5.01. The highest BCUT2D eigenvalue weighted by atomic mass is 35.5. The van der Waals surface area contributed by atoms with Crippen molar-refractivity contribution in [1.82, 2.24) is 15.5 Å². The van der Waals surface area contributed by atoms with Crippen LogP contribution in [0.5, 0.6) is 5.75 Å². The van der Waals surface area contributed by atoms with Crippen molar-refractivity contribution in [2.45, 2.75) is 18.9 Å². The van der Waals surface area contributed by atoms with Gasteiger partial charge in [0.15, 0.2) is 5.96 Å². The molecule has 0 aromatic heterocycles. The monoisotopic (exact) mass is 414 g/mol. The summed E-state index contributed by atoms with van der Waals surface area (Å²) in [6.45, 7) is 1.42. The van der Waals surface area contributed by atoms with Gasteiger partial charge in [0.25, 0.3) is 0 Å². The van der Waals surface area contributed by atoms with E-state index in [2.05, 4.69) is 21.7 Å². The highest BCUT2D eigenvalue weighted by Gasteiger charge is 2.22. The van der Waals surface area contributed by atoms with Crippen LogP contribution in [-0.2, 0) is 11.2 Å². The minimum atomic E-state index is -0.0452. The largest absolute Gasteiger partial charge is 0.493 e. The summed E-state index contributed by atoms with van der Waals surface area (Å²) in [6.07, 6.45) is 1.65. The summed E-state index contributed by atoms with van der Waals surface area (Å²) >= 11 is 5.95. The van der Waals surface area contributed by atoms with Crippen molar-refractivity contribution in [3.05, 3.63) is 64.7 Å². The number of carbonyl (C=O) groups is 1. The molecule has 2 N–H and O–H groups in total. The molecule has 1 unspecified atom stereocenters. The normalized spacial score (nSPS) is 15.8. The van der Waals surface area contributed by atoms with Gasteiger partial charge in [0, 0.05) is 37.6 Å². The molecule has 0 saturated heterocycles. The molecule has 2 aromatic carbocycles. The first-order valence-electron chi connectivity index (χ1n) is 9.74. The first kappa shape index (κ1) is 21.0. The van der Waals surface area contributed by atoms with Crippen molar-refractivity contribution in [3.63, 3.8) is 0 Å². The molecule has 0 radical (unpaired) electrons. The maximum Gasteiger partial charge on any atom is 0.243 e. The van der Waals surface area contributed by atoms with Gasteiger partial charge in [0.2, 0.25) is 5.91 Å². The van der Waals surface area contributed by atoms with E-state index in [0.717, 1.165) is 29.2 Å². The number of halogens is 1. The van der Waals surface area contributed by atoms with Gasteiger partial charge in [-0.2, -0.15) is 0 Å². The smallest absolute Gasteiger partial charge is 0.243 e. The average Bonchev–Trinajstić information content (AvgIpc) is 2.73. The van der Waals surface area contributed by atoms with Crippen LogP contribution in [0.1, 0.15) is 23.6 Å². The summed E-state index contributed by atoms with van der Waals surface area (Å²) in [7, 11) is 3.46. The maximum absolute atomic E-state index is 12.0. The van der Waals surface area contributed by atoms with Crippen LogP contribution in [0.4, 0.5) is 0 Å². The predicted octanol–water partition coefficient (Wildman–Crippen LogP) is 3.03. The molecule has 6 nitrogen and oxygen atoms in total. The van der Waals surface area contributed by atoms with E-state index in [1.807, 2.05) is 42.5 Å². The lowest BCUT2D eigenvalue weighted by Gasteiger charge is -2.28. The first-order valence-corrected chi connectivity index (χ1v) is 10.1. The zero-order valence-electron chi connectivity index (χ0n) is 16.8. The summed E-state index contributed by atoms with van der Waals surface area (Å²) < 4.78 is 5.74. The zero-order valence-corrected chi connectivity index (χ0v) is 17.6. The molecule has 3 rings (SSSR count). The van der Waals surface area contributed by atoms with E-state index in [-0.39, 0.29) is 18.5 Å². The fourth-order valence-corrected chi connectivity index (χ4v) is 3.20. The number of nitrogens with zero attached hydrogens (tertiary/aromatic N) is 2. The van der Waals surface area contributed by atoms with Crippen molar-refractivity contribution in [1.29, 1.82) is 0 Å². The van der Waals surface area contributed by atoms with Crippen LogP contribution in [-0.4, -0.2) is 50.6 Å². The van der Waals surface area contributed by atoms with Gasteiger partial charge in [0.1, 0.15) is 12.3 Å². The van der Waals surface area contributed by atoms with Crippen LogP contribution >= 0.6 is 11.6 Å². The molecule has 1 aliphatic heterocycles. The summed E-state index contributed by atoms with van der Waals surface area (Å²) in [5.74, 6) is 1.47. The van der Waals surface area contributed by atoms with Crippen molar-refractivity contribution in [2.24, 2.45) is 4.99 Å². The Morgan fingerprint density at radius 1 is 1.21 bits per heavy atom. The standard InChI is InChI=1S/C22H27ClN4O2/c1-27(2)21(28)15-25-22(24-13-11-16-7-9-17(23)10-8-16)26-19-12-14-29-20-6-4-3-5-18(19)20/h3-10,19H,11-15H2,1-2H3,(H2,24,25,26). The van der Waals surface area contributed by atoms with Crippen LogP contribution in [0.2, 0.25) is 5.02 Å². The van der Waals surface area contributed by atoms with Gasteiger partial charge >= 0.3 is 0 Å². The minimum absolute atomic E-state index is 0.0452. The van der Waals surface area contributed by atoms with Gasteiger partial charge < -0.3 is 20.3 Å². The van der Waals surface area contributed by atoms with E-state index in [1.54, 1.807) is 19.0 Å². The molecule has 154 valence electrons. The number of rotatable bonds is 6. The Morgan fingerprint density at radius 2 is 1.97 bits per heavy atom. The Bertz CT molecular complexity index is 852. The third-order valence-electron chi connectivity index (χ3n) is 4.76. The molecule has 1 aliphatic rings. The van der Waals surface area contributed by atoms with Crippen molar-refractivity contribution in [3.8, 4) is 5.75 Å². The van der Waals surface area contributed by atoms with E-state index >= 15 is 0 Å². The van der Waals surface area contributed by atoms with Gasteiger partial charge in [0.05, 0.1) is 12.6 Å². The third kappa shape index (κ3) is 6.12. The number of carbonyl (C=O) groups excluding carboxylic acids is 1. The molecule has 29 heavy (non-hydrogen) atoms. The number of hydrogen-bond donors (Lipinski definition) is 2. The SMILES string of the molecule is CN(C)C(=O)CN=C(NCCc1ccc(Cl)cc1)NC1CCOc2ccccc21. The minimum Gasteiger partial charge on any atom is -0.493 e. The Labute approximate surface area is 176 Å². The lowest BCUT2D eigenvalue weighted by atomic mass is 10.0. The fraction of sp³-hybridized carbons (Fsp3) is 0.364. The van der Waals surface area contributed by atoms with Crippen LogP contribution in [0.25, 0.3) is 0 Å². The average molecular weight is 415 g/mol. The predicted molar refractivity (Wildman–Crippen MR) is 117 cm³/mol. The number of nitrogens with one attached hydrogen (secondary N) is 2. The van der Waals surface area contributed by atoms with Crippen LogP contribution < -0.4 is 15.4 Å². The molecule has 0 bridgehead atoms. The number of para-hydroxylation sites is 1. The van der Waals surface area contributed by atoms with Gasteiger partial charge in [-0.3, -0.25) is 4.79 Å². The second kappa shape index (κ2) is 10.2. The second-order valence-corrected chi connectivity index (χ2v) is 7.56. The highest BCUT2D eigenvalue weighted by Crippen LogP contribution is 2.31. The lowest BCUT2D eigenvalue weighted by Crippen LogP contribution is -2.42. The number of ether oxygens (including phenoxy) is 1. The van der Waals surface area contributed by atoms with E-state index in [4.69, 9.17) is 16.3 Å².